The molecule has 3 aromatic carbocycles. The van der Waals surface area contributed by atoms with Crippen LogP contribution >= 0.6 is 0 Å². The van der Waals surface area contributed by atoms with Crippen LogP contribution in [0.4, 0.5) is 29.3 Å². The average Bonchev–Trinajstić information content (AvgIpc) is 3.39. The molecule has 1 saturated heterocycles. The van der Waals surface area contributed by atoms with Crippen LogP contribution in [0.2, 0.25) is 0 Å². The van der Waals surface area contributed by atoms with Crippen molar-refractivity contribution >= 4 is 29.3 Å². The minimum atomic E-state index is -4.75. The van der Waals surface area contributed by atoms with Gasteiger partial charge in [0.1, 0.15) is 6.04 Å². The molecule has 204 valence electrons. The number of halogens is 3. The molecule has 0 saturated carbocycles. The quantitative estimate of drug-likeness (QED) is 0.320. The number of carboxylic acid groups (broad SMARTS) is 1. The fourth-order valence-corrected chi connectivity index (χ4v) is 4.55. The average molecular weight is 540 g/mol. The molecule has 1 heterocycles. The molecule has 0 spiro atoms. The zero-order valence-electron chi connectivity index (χ0n) is 21.4. The van der Waals surface area contributed by atoms with Gasteiger partial charge in [-0.2, -0.15) is 13.2 Å². The Bertz CT molecular complexity index is 1370. The third-order valence-corrected chi connectivity index (χ3v) is 6.68. The van der Waals surface area contributed by atoms with Crippen molar-refractivity contribution in [2.75, 3.05) is 17.2 Å². The highest BCUT2D eigenvalue weighted by Crippen LogP contribution is 2.38. The van der Waals surface area contributed by atoms with Crippen LogP contribution in [-0.2, 0) is 11.0 Å². The molecule has 3 aromatic rings. The highest BCUT2D eigenvalue weighted by atomic mass is 19.4. The van der Waals surface area contributed by atoms with Gasteiger partial charge in [0.2, 0.25) is 5.91 Å². The molecule has 0 aromatic heterocycles. The number of hydrogen-bond acceptors (Lipinski definition) is 3. The van der Waals surface area contributed by atoms with Gasteiger partial charge in [-0.3, -0.25) is 4.79 Å². The molecule has 0 unspecified atom stereocenters. The SMILES string of the molecule is CC(C)c1ccc(NC(=O)N2CCC[C@@H]2C(=O)Nc2ccc(-c3ccc(C(=O)O)cc3C(F)(F)F)cc2)cc1. The standard InChI is InChI=1S/C29H28F3N3O4/c1-17(2)18-5-10-22(11-6-18)34-28(39)35-15-3-4-25(35)26(36)33-21-12-7-19(8-13-21)23-14-9-20(27(37)38)16-24(23)29(30,31)32/h5-14,16-17,25H,3-4,15H2,1-2H3,(H,33,36)(H,34,39)(H,37,38)/t25-/m1/s1. The molecule has 1 fully saturated rings. The van der Waals surface area contributed by atoms with E-state index in [9.17, 15) is 27.6 Å². The predicted octanol–water partition coefficient (Wildman–Crippen LogP) is 6.83. The maximum atomic E-state index is 13.6. The molecular weight excluding hydrogens is 511 g/mol. The molecule has 3 amide bonds. The van der Waals surface area contributed by atoms with Gasteiger partial charge in [-0.1, -0.05) is 44.2 Å². The Labute approximate surface area is 223 Å². The van der Waals surface area contributed by atoms with Crippen molar-refractivity contribution in [1.82, 2.24) is 4.90 Å². The minimum absolute atomic E-state index is 0.176. The lowest BCUT2D eigenvalue weighted by Crippen LogP contribution is -2.45. The van der Waals surface area contributed by atoms with Crippen molar-refractivity contribution in [1.29, 1.82) is 0 Å². The molecule has 1 aliphatic rings. The van der Waals surface area contributed by atoms with Crippen molar-refractivity contribution in [2.24, 2.45) is 0 Å². The second kappa shape index (κ2) is 11.2. The summed E-state index contributed by atoms with van der Waals surface area (Å²) < 4.78 is 40.8. The van der Waals surface area contributed by atoms with Crippen LogP contribution in [-0.4, -0.2) is 40.5 Å². The largest absolute Gasteiger partial charge is 0.478 e. The van der Waals surface area contributed by atoms with Gasteiger partial charge >= 0.3 is 18.2 Å². The van der Waals surface area contributed by atoms with Gasteiger partial charge in [-0.05, 0) is 71.8 Å². The van der Waals surface area contributed by atoms with Crippen molar-refractivity contribution < 1.29 is 32.7 Å². The number of rotatable bonds is 6. The van der Waals surface area contributed by atoms with Gasteiger partial charge < -0.3 is 20.6 Å². The smallest absolute Gasteiger partial charge is 0.417 e. The lowest BCUT2D eigenvalue weighted by Gasteiger charge is -2.24. The number of aromatic carboxylic acids is 1. The van der Waals surface area contributed by atoms with E-state index in [1.807, 2.05) is 24.3 Å². The van der Waals surface area contributed by atoms with Gasteiger partial charge in [0.15, 0.2) is 0 Å². The van der Waals surface area contributed by atoms with Crippen LogP contribution in [0.3, 0.4) is 0 Å². The first-order chi connectivity index (χ1) is 18.4. The van der Waals surface area contributed by atoms with E-state index in [1.54, 1.807) is 0 Å². The second-order valence-electron chi connectivity index (χ2n) is 9.69. The third-order valence-electron chi connectivity index (χ3n) is 6.68. The van der Waals surface area contributed by atoms with E-state index >= 15 is 0 Å². The summed E-state index contributed by atoms with van der Waals surface area (Å²) in [6, 6.07) is 15.0. The Hall–Kier alpha value is -4.34. The van der Waals surface area contributed by atoms with E-state index in [1.165, 1.54) is 29.2 Å². The first-order valence-corrected chi connectivity index (χ1v) is 12.5. The minimum Gasteiger partial charge on any atom is -0.478 e. The summed E-state index contributed by atoms with van der Waals surface area (Å²) in [7, 11) is 0. The number of likely N-dealkylation sites (tertiary alicyclic amines) is 1. The predicted molar refractivity (Wildman–Crippen MR) is 142 cm³/mol. The first-order valence-electron chi connectivity index (χ1n) is 12.5. The number of hydrogen-bond donors (Lipinski definition) is 3. The number of carbonyl (C=O) groups excluding carboxylic acids is 2. The molecule has 4 rings (SSSR count). The number of carboxylic acids is 1. The Morgan fingerprint density at radius 1 is 0.923 bits per heavy atom. The van der Waals surface area contributed by atoms with Gasteiger partial charge in [-0.15, -0.1) is 0 Å². The van der Waals surface area contributed by atoms with Crippen LogP contribution in [0.5, 0.6) is 0 Å². The van der Waals surface area contributed by atoms with Crippen molar-refractivity contribution in [3.05, 3.63) is 83.4 Å². The number of nitrogens with one attached hydrogen (secondary N) is 2. The lowest BCUT2D eigenvalue weighted by atomic mass is 9.97. The van der Waals surface area contributed by atoms with Gasteiger partial charge in [0.05, 0.1) is 11.1 Å². The summed E-state index contributed by atoms with van der Waals surface area (Å²) in [5, 5.41) is 14.6. The maximum absolute atomic E-state index is 13.6. The highest BCUT2D eigenvalue weighted by molar-refractivity contribution is 5.99. The van der Waals surface area contributed by atoms with Crippen LogP contribution in [0.1, 0.15) is 54.1 Å². The normalized spacial score (nSPS) is 15.3. The number of anilines is 2. The van der Waals surface area contributed by atoms with E-state index < -0.39 is 35.2 Å². The summed E-state index contributed by atoms with van der Waals surface area (Å²) >= 11 is 0. The van der Waals surface area contributed by atoms with E-state index in [2.05, 4.69) is 24.5 Å². The fourth-order valence-electron chi connectivity index (χ4n) is 4.55. The summed E-state index contributed by atoms with van der Waals surface area (Å²) in [4.78, 5) is 38.5. The van der Waals surface area contributed by atoms with Crippen LogP contribution in [0.15, 0.2) is 66.7 Å². The van der Waals surface area contributed by atoms with Gasteiger partial charge in [0.25, 0.3) is 0 Å². The monoisotopic (exact) mass is 539 g/mol. The fraction of sp³-hybridized carbons (Fsp3) is 0.276. The number of nitrogens with zero attached hydrogens (tertiary/aromatic N) is 1. The van der Waals surface area contributed by atoms with E-state index in [-0.39, 0.29) is 17.2 Å². The zero-order valence-corrected chi connectivity index (χ0v) is 21.4. The molecule has 39 heavy (non-hydrogen) atoms. The van der Waals surface area contributed by atoms with Gasteiger partial charge in [0, 0.05) is 17.9 Å². The van der Waals surface area contributed by atoms with Gasteiger partial charge in [-0.25, -0.2) is 9.59 Å². The molecule has 3 N–H and O–H groups in total. The molecule has 0 radical (unpaired) electrons. The third kappa shape index (κ3) is 6.39. The summed E-state index contributed by atoms with van der Waals surface area (Å²) in [5.74, 6) is -1.49. The summed E-state index contributed by atoms with van der Waals surface area (Å²) in [6.07, 6.45) is -3.62. The number of carbonyl (C=O) groups is 3. The van der Waals surface area contributed by atoms with Crippen molar-refractivity contribution in [3.8, 4) is 11.1 Å². The Morgan fingerprint density at radius 2 is 1.54 bits per heavy atom. The molecular formula is C29H28F3N3O4. The van der Waals surface area contributed by atoms with Crippen molar-refractivity contribution in [3.63, 3.8) is 0 Å². The molecule has 1 atom stereocenters. The van der Waals surface area contributed by atoms with Crippen LogP contribution < -0.4 is 10.6 Å². The Morgan fingerprint density at radius 3 is 2.13 bits per heavy atom. The number of amides is 3. The molecule has 10 heteroatoms. The van der Waals surface area contributed by atoms with E-state index in [4.69, 9.17) is 5.11 Å². The highest BCUT2D eigenvalue weighted by Gasteiger charge is 2.35. The Kier molecular flexibility index (Phi) is 7.94. The van der Waals surface area contributed by atoms with Crippen LogP contribution in [0.25, 0.3) is 11.1 Å². The molecule has 1 aliphatic heterocycles. The molecule has 7 nitrogen and oxygen atoms in total. The van der Waals surface area contributed by atoms with E-state index in [0.717, 1.165) is 17.7 Å². The molecule has 0 aliphatic carbocycles. The maximum Gasteiger partial charge on any atom is 0.417 e. The van der Waals surface area contributed by atoms with Crippen molar-refractivity contribution in [2.45, 2.75) is 44.8 Å². The Balaban J connectivity index is 1.45. The van der Waals surface area contributed by atoms with Crippen LogP contribution in [0, 0.1) is 0 Å². The summed E-state index contributed by atoms with van der Waals surface area (Å²) in [5.41, 5.74) is 0.632. The first kappa shape index (κ1) is 27.7. The number of alkyl halides is 3. The zero-order chi connectivity index (χ0) is 28.3. The topological polar surface area (TPSA) is 98.7 Å². The molecule has 0 bridgehead atoms. The lowest BCUT2D eigenvalue weighted by molar-refractivity contribution is -0.137. The number of benzene rings is 3. The number of urea groups is 1. The summed E-state index contributed by atoms with van der Waals surface area (Å²) in [6.45, 7) is 4.57. The van der Waals surface area contributed by atoms with E-state index in [0.29, 0.717) is 42.7 Å². The second-order valence-corrected chi connectivity index (χ2v) is 9.69.